The predicted octanol–water partition coefficient (Wildman–Crippen LogP) is 1.28. The summed E-state index contributed by atoms with van der Waals surface area (Å²) in [5.41, 5.74) is 6.52. The van der Waals surface area contributed by atoms with Crippen molar-refractivity contribution in [1.82, 2.24) is 14.8 Å². The van der Waals surface area contributed by atoms with Gasteiger partial charge in [0.1, 0.15) is 0 Å². The Kier molecular flexibility index (Phi) is 2.51. The number of benzene rings is 1. The van der Waals surface area contributed by atoms with Gasteiger partial charge in [0.2, 0.25) is 5.95 Å². The molecular weight excluding hydrogens is 222 g/mol. The van der Waals surface area contributed by atoms with Crippen LogP contribution in [-0.2, 0) is 7.05 Å². The first-order chi connectivity index (χ1) is 8.00. The van der Waals surface area contributed by atoms with E-state index in [1.54, 1.807) is 32.2 Å². The van der Waals surface area contributed by atoms with Crippen LogP contribution in [0.1, 0.15) is 5.56 Å². The lowest BCUT2D eigenvalue weighted by molar-refractivity contribution is -0.384. The van der Waals surface area contributed by atoms with Crippen molar-refractivity contribution in [1.29, 1.82) is 0 Å². The number of hydrogen-bond acceptors (Lipinski definition) is 5. The van der Waals surface area contributed by atoms with Crippen LogP contribution in [0.25, 0.3) is 11.4 Å². The zero-order valence-electron chi connectivity index (χ0n) is 9.41. The molecule has 2 rings (SSSR count). The molecule has 88 valence electrons. The van der Waals surface area contributed by atoms with Gasteiger partial charge in [0.05, 0.1) is 10.5 Å². The largest absolute Gasteiger partial charge is 0.368 e. The number of nitro groups is 1. The Hall–Kier alpha value is -2.44. The number of aryl methyl sites for hydroxylation is 2. The van der Waals surface area contributed by atoms with Crippen molar-refractivity contribution in [3.05, 3.63) is 33.9 Å². The minimum Gasteiger partial charge on any atom is -0.368 e. The Morgan fingerprint density at radius 2 is 2.18 bits per heavy atom. The minimum atomic E-state index is -0.433. The molecule has 0 spiro atoms. The molecule has 0 atom stereocenters. The number of nitro benzene ring substituents is 1. The second-order valence-corrected chi connectivity index (χ2v) is 3.65. The third-order valence-electron chi connectivity index (χ3n) is 2.46. The Morgan fingerprint density at radius 3 is 2.71 bits per heavy atom. The van der Waals surface area contributed by atoms with Gasteiger partial charge in [-0.1, -0.05) is 12.1 Å². The van der Waals surface area contributed by atoms with E-state index in [9.17, 15) is 10.1 Å². The summed E-state index contributed by atoms with van der Waals surface area (Å²) in [5.74, 6) is 0.483. The summed E-state index contributed by atoms with van der Waals surface area (Å²) in [7, 11) is 1.63. The topological polar surface area (TPSA) is 99.9 Å². The third-order valence-corrected chi connectivity index (χ3v) is 2.46. The van der Waals surface area contributed by atoms with E-state index in [0.717, 1.165) is 0 Å². The van der Waals surface area contributed by atoms with Crippen LogP contribution < -0.4 is 5.73 Å². The van der Waals surface area contributed by atoms with Crippen LogP contribution in [-0.4, -0.2) is 19.7 Å². The van der Waals surface area contributed by atoms with E-state index in [-0.39, 0.29) is 17.5 Å². The van der Waals surface area contributed by atoms with Crippen LogP contribution in [0, 0.1) is 17.0 Å². The van der Waals surface area contributed by atoms with E-state index in [4.69, 9.17) is 5.73 Å². The van der Waals surface area contributed by atoms with Gasteiger partial charge >= 0.3 is 0 Å². The highest BCUT2D eigenvalue weighted by Gasteiger charge is 2.21. The van der Waals surface area contributed by atoms with Crippen molar-refractivity contribution in [3.63, 3.8) is 0 Å². The number of nitrogen functional groups attached to an aromatic ring is 1. The van der Waals surface area contributed by atoms with Crippen molar-refractivity contribution < 1.29 is 4.92 Å². The summed E-state index contributed by atoms with van der Waals surface area (Å²) in [4.78, 5) is 14.6. The van der Waals surface area contributed by atoms with Crippen LogP contribution in [0.5, 0.6) is 0 Å². The van der Waals surface area contributed by atoms with E-state index in [2.05, 4.69) is 10.1 Å². The Morgan fingerprint density at radius 1 is 1.47 bits per heavy atom. The Balaban J connectivity index is 2.67. The molecule has 0 radical (unpaired) electrons. The second-order valence-electron chi connectivity index (χ2n) is 3.65. The monoisotopic (exact) mass is 233 g/mol. The molecule has 17 heavy (non-hydrogen) atoms. The number of nitrogens with zero attached hydrogens (tertiary/aromatic N) is 4. The number of hydrogen-bond donors (Lipinski definition) is 1. The maximum atomic E-state index is 11.0. The van der Waals surface area contributed by atoms with E-state index < -0.39 is 4.92 Å². The van der Waals surface area contributed by atoms with Crippen LogP contribution in [0.4, 0.5) is 11.6 Å². The fraction of sp³-hybridized carbons (Fsp3) is 0.200. The SMILES string of the molecule is Cc1cccc(-c2nc(N)n(C)n2)c1[N+](=O)[O-]. The molecule has 0 aliphatic carbocycles. The maximum absolute atomic E-state index is 11.0. The van der Waals surface area contributed by atoms with Gasteiger partial charge in [-0.3, -0.25) is 10.1 Å². The molecule has 7 heteroatoms. The van der Waals surface area contributed by atoms with Crippen molar-refractivity contribution in [3.8, 4) is 11.4 Å². The molecule has 0 amide bonds. The standard InChI is InChI=1S/C10H11N5O2/c1-6-4-3-5-7(8(6)15(16)17)9-12-10(11)14(2)13-9/h3-5H,1-2H3,(H2,11,12,13). The second kappa shape index (κ2) is 3.85. The van der Waals surface area contributed by atoms with E-state index in [0.29, 0.717) is 11.1 Å². The molecule has 1 aromatic heterocycles. The van der Waals surface area contributed by atoms with Crippen LogP contribution in [0.2, 0.25) is 0 Å². The molecule has 0 unspecified atom stereocenters. The predicted molar refractivity (Wildman–Crippen MR) is 62.2 cm³/mol. The van der Waals surface area contributed by atoms with E-state index in [1.807, 2.05) is 0 Å². The van der Waals surface area contributed by atoms with Gasteiger partial charge in [-0.15, -0.1) is 5.10 Å². The Labute approximate surface area is 97.0 Å². The smallest absolute Gasteiger partial charge is 0.283 e. The van der Waals surface area contributed by atoms with Crippen LogP contribution in [0.15, 0.2) is 18.2 Å². The number of anilines is 1. The lowest BCUT2D eigenvalue weighted by Gasteiger charge is -2.01. The normalized spacial score (nSPS) is 10.5. The fourth-order valence-corrected chi connectivity index (χ4v) is 1.59. The summed E-state index contributed by atoms with van der Waals surface area (Å²) in [6, 6.07) is 5.01. The third kappa shape index (κ3) is 1.82. The van der Waals surface area contributed by atoms with Gasteiger partial charge in [0.25, 0.3) is 5.69 Å². The van der Waals surface area contributed by atoms with E-state index >= 15 is 0 Å². The van der Waals surface area contributed by atoms with Crippen molar-refractivity contribution in [2.75, 3.05) is 5.73 Å². The number of para-hydroxylation sites is 1. The highest BCUT2D eigenvalue weighted by Crippen LogP contribution is 2.30. The van der Waals surface area contributed by atoms with Crippen LogP contribution in [0.3, 0.4) is 0 Å². The Bertz CT molecular complexity index is 571. The summed E-state index contributed by atoms with van der Waals surface area (Å²) in [6.07, 6.45) is 0. The average Bonchev–Trinajstić information content (AvgIpc) is 2.58. The molecule has 2 N–H and O–H groups in total. The molecule has 0 fully saturated rings. The number of rotatable bonds is 2. The summed E-state index contributed by atoms with van der Waals surface area (Å²) >= 11 is 0. The number of nitrogens with two attached hydrogens (primary N) is 1. The lowest BCUT2D eigenvalue weighted by atomic mass is 10.1. The van der Waals surface area contributed by atoms with Crippen LogP contribution >= 0.6 is 0 Å². The van der Waals surface area contributed by atoms with Gasteiger partial charge in [0.15, 0.2) is 5.82 Å². The van der Waals surface area contributed by atoms with Crippen molar-refractivity contribution >= 4 is 11.6 Å². The molecule has 0 bridgehead atoms. The molecule has 1 heterocycles. The highest BCUT2D eigenvalue weighted by atomic mass is 16.6. The zero-order valence-corrected chi connectivity index (χ0v) is 9.41. The van der Waals surface area contributed by atoms with Crippen molar-refractivity contribution in [2.45, 2.75) is 6.92 Å². The highest BCUT2D eigenvalue weighted by molar-refractivity contribution is 5.70. The minimum absolute atomic E-state index is 0.0121. The summed E-state index contributed by atoms with van der Waals surface area (Å²) in [6.45, 7) is 1.67. The molecule has 0 saturated carbocycles. The van der Waals surface area contributed by atoms with Crippen molar-refractivity contribution in [2.24, 2.45) is 7.05 Å². The lowest BCUT2D eigenvalue weighted by Crippen LogP contribution is -1.98. The van der Waals surface area contributed by atoms with Gasteiger partial charge in [-0.2, -0.15) is 4.98 Å². The fourth-order valence-electron chi connectivity index (χ4n) is 1.59. The number of aromatic nitrogens is 3. The summed E-state index contributed by atoms with van der Waals surface area (Å²) in [5, 5.41) is 15.1. The average molecular weight is 233 g/mol. The molecule has 0 saturated heterocycles. The molecule has 0 aliphatic heterocycles. The zero-order chi connectivity index (χ0) is 12.6. The molecule has 7 nitrogen and oxygen atoms in total. The van der Waals surface area contributed by atoms with Gasteiger partial charge in [0, 0.05) is 12.6 Å². The maximum Gasteiger partial charge on any atom is 0.283 e. The quantitative estimate of drug-likeness (QED) is 0.622. The first kappa shape index (κ1) is 11.1. The molecule has 2 aromatic rings. The molecule has 1 aromatic carbocycles. The van der Waals surface area contributed by atoms with Gasteiger partial charge in [-0.05, 0) is 13.0 Å². The van der Waals surface area contributed by atoms with Gasteiger partial charge < -0.3 is 5.73 Å². The molecule has 0 aliphatic rings. The van der Waals surface area contributed by atoms with Gasteiger partial charge in [-0.25, -0.2) is 4.68 Å². The first-order valence-corrected chi connectivity index (χ1v) is 4.91. The first-order valence-electron chi connectivity index (χ1n) is 4.91. The summed E-state index contributed by atoms with van der Waals surface area (Å²) < 4.78 is 1.38. The molecular formula is C10H11N5O2. The van der Waals surface area contributed by atoms with E-state index in [1.165, 1.54) is 4.68 Å².